The molecule has 0 bridgehead atoms. The Morgan fingerprint density at radius 2 is 1.78 bits per heavy atom. The summed E-state index contributed by atoms with van der Waals surface area (Å²) in [5.74, 6) is 1.74. The fourth-order valence-corrected chi connectivity index (χ4v) is 4.42. The molecule has 10 heteroatoms. The molecule has 0 radical (unpaired) electrons. The number of nitrogens with zero attached hydrogens (tertiary/aromatic N) is 5. The lowest BCUT2D eigenvalue weighted by atomic mass is 10.2. The third kappa shape index (κ3) is 4.69. The fourth-order valence-electron chi connectivity index (χ4n) is 3.51. The lowest BCUT2D eigenvalue weighted by molar-refractivity contribution is 0.0953. The third-order valence-electron chi connectivity index (χ3n) is 5.11. The first-order chi connectivity index (χ1) is 15.7. The van der Waals surface area contributed by atoms with Crippen LogP contribution in [0.15, 0.2) is 58.1 Å². The Labute approximate surface area is 193 Å². The van der Waals surface area contributed by atoms with Gasteiger partial charge in [-0.05, 0) is 61.4 Å². The molecule has 0 N–H and O–H groups in total. The average molecular weight is 472 g/mol. The van der Waals surface area contributed by atoms with E-state index >= 15 is 0 Å². The predicted molar refractivity (Wildman–Crippen MR) is 119 cm³/mol. The highest BCUT2D eigenvalue weighted by atomic mass is 35.5. The van der Waals surface area contributed by atoms with E-state index in [2.05, 4.69) is 20.4 Å². The van der Waals surface area contributed by atoms with E-state index in [-0.39, 0.29) is 11.9 Å². The van der Waals surface area contributed by atoms with Gasteiger partial charge in [0.05, 0.1) is 18.4 Å². The first kappa shape index (κ1) is 21.1. The molecular weight excluding hydrogens is 453 g/mol. The van der Waals surface area contributed by atoms with Crippen molar-refractivity contribution in [3.05, 3.63) is 65.3 Å². The normalized spacial score (nSPS) is 16.0. The molecule has 1 atom stereocenters. The zero-order valence-corrected chi connectivity index (χ0v) is 18.5. The smallest absolute Gasteiger partial charge is 0.247 e. The van der Waals surface area contributed by atoms with Gasteiger partial charge >= 0.3 is 0 Å². The van der Waals surface area contributed by atoms with Crippen molar-refractivity contribution in [1.29, 1.82) is 0 Å². The maximum Gasteiger partial charge on any atom is 0.247 e. The molecule has 7 nitrogen and oxygen atoms in total. The van der Waals surface area contributed by atoms with Crippen LogP contribution in [0.1, 0.15) is 18.7 Å². The van der Waals surface area contributed by atoms with Gasteiger partial charge in [-0.15, -0.1) is 20.4 Å². The Morgan fingerprint density at radius 1 is 1.00 bits per heavy atom. The maximum absolute atomic E-state index is 13.4. The van der Waals surface area contributed by atoms with E-state index in [0.29, 0.717) is 40.1 Å². The van der Waals surface area contributed by atoms with E-state index < -0.39 is 0 Å². The molecule has 0 saturated carbocycles. The van der Waals surface area contributed by atoms with Crippen LogP contribution < -0.4 is 0 Å². The molecule has 0 aliphatic carbocycles. The van der Waals surface area contributed by atoms with Gasteiger partial charge in [0.15, 0.2) is 11.0 Å². The van der Waals surface area contributed by atoms with E-state index in [1.54, 1.807) is 24.3 Å². The highest BCUT2D eigenvalue weighted by molar-refractivity contribution is 7.98. The number of hydrogen-bond donors (Lipinski definition) is 0. The molecule has 32 heavy (non-hydrogen) atoms. The number of ether oxygens (including phenoxy) is 1. The highest BCUT2D eigenvalue weighted by Crippen LogP contribution is 2.29. The van der Waals surface area contributed by atoms with Crippen LogP contribution in [-0.2, 0) is 17.0 Å². The molecule has 1 saturated heterocycles. The Morgan fingerprint density at radius 3 is 2.53 bits per heavy atom. The van der Waals surface area contributed by atoms with Crippen LogP contribution in [0.5, 0.6) is 0 Å². The zero-order valence-electron chi connectivity index (χ0n) is 16.9. The summed E-state index contributed by atoms with van der Waals surface area (Å²) in [7, 11) is 0. The summed E-state index contributed by atoms with van der Waals surface area (Å²) in [6, 6.07) is 13.5. The minimum atomic E-state index is -0.290. The van der Waals surface area contributed by atoms with Crippen molar-refractivity contribution >= 4 is 23.4 Å². The molecule has 4 aromatic rings. The Kier molecular flexibility index (Phi) is 6.20. The molecular formula is C22H19ClFN5O2S. The minimum absolute atomic E-state index is 0.101. The van der Waals surface area contributed by atoms with Gasteiger partial charge in [-0.3, -0.25) is 4.57 Å². The molecule has 1 fully saturated rings. The third-order valence-corrected chi connectivity index (χ3v) is 6.32. The van der Waals surface area contributed by atoms with Gasteiger partial charge < -0.3 is 9.15 Å². The van der Waals surface area contributed by atoms with Crippen molar-refractivity contribution in [3.8, 4) is 22.8 Å². The van der Waals surface area contributed by atoms with Crippen LogP contribution in [0.3, 0.4) is 0 Å². The van der Waals surface area contributed by atoms with Gasteiger partial charge in [-0.25, -0.2) is 4.39 Å². The first-order valence-electron chi connectivity index (χ1n) is 10.2. The quantitative estimate of drug-likeness (QED) is 0.340. The number of rotatable bonds is 7. The SMILES string of the molecule is Fc1ccc(-c2nnc(SCc3nnc(-c4ccc(Cl)cc4)o3)n2CC2CCCO2)cc1. The Bertz CT molecular complexity index is 1190. The minimum Gasteiger partial charge on any atom is -0.420 e. The second kappa shape index (κ2) is 9.40. The maximum atomic E-state index is 13.4. The monoisotopic (exact) mass is 471 g/mol. The van der Waals surface area contributed by atoms with E-state index in [9.17, 15) is 4.39 Å². The molecule has 164 valence electrons. The lowest BCUT2D eigenvalue weighted by Crippen LogP contribution is -2.16. The molecule has 1 aliphatic rings. The summed E-state index contributed by atoms with van der Waals surface area (Å²) in [5, 5.41) is 18.4. The summed E-state index contributed by atoms with van der Waals surface area (Å²) in [6.45, 7) is 1.39. The van der Waals surface area contributed by atoms with Crippen molar-refractivity contribution in [3.63, 3.8) is 0 Å². The lowest BCUT2D eigenvalue weighted by Gasteiger charge is -2.14. The molecule has 2 aromatic carbocycles. The first-order valence-corrected chi connectivity index (χ1v) is 11.5. The molecule has 1 unspecified atom stereocenters. The average Bonchev–Trinajstić information content (AvgIpc) is 3.56. The zero-order chi connectivity index (χ0) is 21.9. The van der Waals surface area contributed by atoms with Crippen LogP contribution in [0.4, 0.5) is 4.39 Å². The number of aromatic nitrogens is 5. The molecule has 5 rings (SSSR count). The predicted octanol–water partition coefficient (Wildman–Crippen LogP) is 5.26. The van der Waals surface area contributed by atoms with Gasteiger partial charge in [0.25, 0.3) is 0 Å². The van der Waals surface area contributed by atoms with E-state index in [1.165, 1.54) is 23.9 Å². The van der Waals surface area contributed by atoms with Crippen molar-refractivity contribution < 1.29 is 13.5 Å². The molecule has 0 spiro atoms. The topological polar surface area (TPSA) is 78.9 Å². The summed E-state index contributed by atoms with van der Waals surface area (Å²) < 4.78 is 27.0. The standard InChI is InChI=1S/C22H19ClFN5O2S/c23-16-7-3-15(4-8-16)21-27-25-19(31-21)13-32-22-28-26-20(14-5-9-17(24)10-6-14)29(22)12-18-2-1-11-30-18/h3-10,18H,1-2,11-13H2. The summed E-state index contributed by atoms with van der Waals surface area (Å²) in [5.41, 5.74) is 1.60. The van der Waals surface area contributed by atoms with Crippen LogP contribution in [0, 0.1) is 5.82 Å². The number of halogens is 2. The number of hydrogen-bond acceptors (Lipinski definition) is 7. The van der Waals surface area contributed by atoms with Crippen molar-refractivity contribution in [2.24, 2.45) is 0 Å². The second-order valence-electron chi connectivity index (χ2n) is 7.36. The van der Waals surface area contributed by atoms with Crippen LogP contribution in [0.2, 0.25) is 5.02 Å². The van der Waals surface area contributed by atoms with Crippen molar-refractivity contribution in [2.45, 2.75) is 36.4 Å². The van der Waals surface area contributed by atoms with Crippen molar-refractivity contribution in [1.82, 2.24) is 25.0 Å². The molecule has 0 amide bonds. The Hall–Kier alpha value is -2.75. The van der Waals surface area contributed by atoms with E-state index in [0.717, 1.165) is 30.6 Å². The summed E-state index contributed by atoms with van der Waals surface area (Å²) >= 11 is 7.39. The van der Waals surface area contributed by atoms with E-state index in [1.807, 2.05) is 16.7 Å². The summed E-state index contributed by atoms with van der Waals surface area (Å²) in [6.07, 6.45) is 2.13. The van der Waals surface area contributed by atoms with Crippen molar-refractivity contribution in [2.75, 3.05) is 6.61 Å². The van der Waals surface area contributed by atoms with Gasteiger partial charge in [-0.1, -0.05) is 23.4 Å². The Balaban J connectivity index is 1.36. The van der Waals surface area contributed by atoms with Gasteiger partial charge in [-0.2, -0.15) is 0 Å². The fraction of sp³-hybridized carbons (Fsp3) is 0.273. The van der Waals surface area contributed by atoms with Crippen LogP contribution in [0.25, 0.3) is 22.8 Å². The van der Waals surface area contributed by atoms with Crippen LogP contribution >= 0.6 is 23.4 Å². The van der Waals surface area contributed by atoms with E-state index in [4.69, 9.17) is 20.8 Å². The summed E-state index contributed by atoms with van der Waals surface area (Å²) in [4.78, 5) is 0. The van der Waals surface area contributed by atoms with Crippen LogP contribution in [-0.4, -0.2) is 37.7 Å². The highest BCUT2D eigenvalue weighted by Gasteiger charge is 2.22. The number of thioether (sulfide) groups is 1. The second-order valence-corrected chi connectivity index (χ2v) is 8.73. The largest absolute Gasteiger partial charge is 0.420 e. The van der Waals surface area contributed by atoms with Gasteiger partial charge in [0.1, 0.15) is 5.82 Å². The molecule has 1 aliphatic heterocycles. The van der Waals surface area contributed by atoms with Gasteiger partial charge in [0.2, 0.25) is 11.8 Å². The molecule has 2 aromatic heterocycles. The molecule has 3 heterocycles. The number of benzene rings is 2. The van der Waals surface area contributed by atoms with Gasteiger partial charge in [0, 0.05) is 22.8 Å².